The predicted octanol–water partition coefficient (Wildman–Crippen LogP) is 6.43. The molecule has 1 aliphatic heterocycles. The van der Waals surface area contributed by atoms with Crippen molar-refractivity contribution in [3.8, 4) is 11.5 Å². The van der Waals surface area contributed by atoms with Gasteiger partial charge in [-0.15, -0.1) is 0 Å². The van der Waals surface area contributed by atoms with Crippen molar-refractivity contribution in [3.63, 3.8) is 0 Å². The third-order valence-electron chi connectivity index (χ3n) is 5.86. The van der Waals surface area contributed by atoms with Crippen molar-refractivity contribution < 1.29 is 19.1 Å². The summed E-state index contributed by atoms with van der Waals surface area (Å²) in [5.74, 6) is 0.509. The Kier molecular flexibility index (Phi) is 8.31. The van der Waals surface area contributed by atoms with Gasteiger partial charge in [-0.1, -0.05) is 54.3 Å². The number of aryl methyl sites for hydroxylation is 2. The van der Waals surface area contributed by atoms with Gasteiger partial charge >= 0.3 is 0 Å². The number of hydrogen-bond donors (Lipinski definition) is 1. The standard InChI is InChI=1S/C29H28N2O4S2/c1-5-34-25-15-21(16-26-28(33)31(29(36)37-26)22-10-6-8-18(2)14-22)12-13-24(25)35-17-27(32)30-23-11-7-9-19(3)20(23)4/h6-16H,5,17H2,1-4H3,(H,30,32)/b26-16-. The smallest absolute Gasteiger partial charge is 0.270 e. The Hall–Kier alpha value is -3.62. The third kappa shape index (κ3) is 6.21. The molecule has 4 rings (SSSR count). The van der Waals surface area contributed by atoms with Crippen LogP contribution in [0.2, 0.25) is 0 Å². The molecule has 0 unspecified atom stereocenters. The number of rotatable bonds is 8. The molecule has 3 aromatic rings. The summed E-state index contributed by atoms with van der Waals surface area (Å²) in [6, 6.07) is 18.8. The third-order valence-corrected chi connectivity index (χ3v) is 7.16. The van der Waals surface area contributed by atoms with Crippen molar-refractivity contribution in [2.24, 2.45) is 0 Å². The minimum absolute atomic E-state index is 0.165. The lowest BCUT2D eigenvalue weighted by atomic mass is 10.1. The fraction of sp³-hybridized carbons (Fsp3) is 0.207. The van der Waals surface area contributed by atoms with E-state index in [4.69, 9.17) is 21.7 Å². The highest BCUT2D eigenvalue weighted by Gasteiger charge is 2.33. The summed E-state index contributed by atoms with van der Waals surface area (Å²) in [6.45, 7) is 8.07. The number of amides is 2. The number of carbonyl (C=O) groups excluding carboxylic acids is 2. The fourth-order valence-electron chi connectivity index (χ4n) is 3.83. The molecule has 190 valence electrons. The van der Waals surface area contributed by atoms with Crippen LogP contribution in [0.5, 0.6) is 11.5 Å². The van der Waals surface area contributed by atoms with Crippen molar-refractivity contribution in [3.05, 3.63) is 87.8 Å². The first-order valence-electron chi connectivity index (χ1n) is 11.9. The van der Waals surface area contributed by atoms with E-state index in [1.807, 2.05) is 76.2 Å². The molecule has 6 nitrogen and oxygen atoms in total. The van der Waals surface area contributed by atoms with Crippen LogP contribution in [0.15, 0.2) is 65.6 Å². The number of nitrogens with zero attached hydrogens (tertiary/aromatic N) is 1. The topological polar surface area (TPSA) is 67.9 Å². The van der Waals surface area contributed by atoms with Gasteiger partial charge in [0.25, 0.3) is 11.8 Å². The van der Waals surface area contributed by atoms with E-state index < -0.39 is 0 Å². The zero-order chi connectivity index (χ0) is 26.5. The molecule has 2 amide bonds. The van der Waals surface area contributed by atoms with Crippen molar-refractivity contribution in [2.45, 2.75) is 27.7 Å². The Morgan fingerprint density at radius 2 is 1.81 bits per heavy atom. The number of hydrogen-bond acceptors (Lipinski definition) is 6. The van der Waals surface area contributed by atoms with E-state index in [0.717, 1.165) is 33.6 Å². The maximum Gasteiger partial charge on any atom is 0.270 e. The molecule has 1 heterocycles. The zero-order valence-electron chi connectivity index (χ0n) is 21.2. The Morgan fingerprint density at radius 1 is 1.03 bits per heavy atom. The second kappa shape index (κ2) is 11.6. The van der Waals surface area contributed by atoms with Crippen LogP contribution in [-0.2, 0) is 9.59 Å². The zero-order valence-corrected chi connectivity index (χ0v) is 22.8. The second-order valence-corrected chi connectivity index (χ2v) is 10.3. The number of thiocarbonyl (C=S) groups is 1. The summed E-state index contributed by atoms with van der Waals surface area (Å²) in [5.41, 5.74) is 5.45. The van der Waals surface area contributed by atoms with Crippen LogP contribution >= 0.6 is 24.0 Å². The Labute approximate surface area is 226 Å². The van der Waals surface area contributed by atoms with Crippen LogP contribution in [0.4, 0.5) is 11.4 Å². The van der Waals surface area contributed by atoms with Gasteiger partial charge in [-0.3, -0.25) is 14.5 Å². The van der Waals surface area contributed by atoms with Crippen molar-refractivity contribution in [2.75, 3.05) is 23.4 Å². The summed E-state index contributed by atoms with van der Waals surface area (Å²) < 4.78 is 12.0. The van der Waals surface area contributed by atoms with E-state index in [-0.39, 0.29) is 18.4 Å². The molecule has 37 heavy (non-hydrogen) atoms. The van der Waals surface area contributed by atoms with Crippen LogP contribution < -0.4 is 19.7 Å². The van der Waals surface area contributed by atoms with Gasteiger partial charge in [0.2, 0.25) is 0 Å². The molecule has 0 bridgehead atoms. The van der Waals surface area contributed by atoms with Crippen LogP contribution in [0.3, 0.4) is 0 Å². The normalized spacial score (nSPS) is 14.3. The first-order valence-corrected chi connectivity index (χ1v) is 13.1. The highest BCUT2D eigenvalue weighted by molar-refractivity contribution is 8.27. The molecule has 0 aliphatic carbocycles. The highest BCUT2D eigenvalue weighted by atomic mass is 32.2. The molecule has 0 atom stereocenters. The predicted molar refractivity (Wildman–Crippen MR) is 154 cm³/mol. The molecule has 0 radical (unpaired) electrons. The quantitative estimate of drug-likeness (QED) is 0.266. The molecular formula is C29H28N2O4S2. The molecule has 0 saturated carbocycles. The summed E-state index contributed by atoms with van der Waals surface area (Å²) in [4.78, 5) is 27.7. The van der Waals surface area contributed by atoms with Gasteiger partial charge in [0.1, 0.15) is 0 Å². The number of anilines is 2. The summed E-state index contributed by atoms with van der Waals surface area (Å²) in [6.07, 6.45) is 1.79. The molecule has 1 saturated heterocycles. The van der Waals surface area contributed by atoms with E-state index in [0.29, 0.717) is 27.3 Å². The number of ether oxygens (including phenoxy) is 2. The molecule has 1 fully saturated rings. The Morgan fingerprint density at radius 3 is 2.57 bits per heavy atom. The van der Waals surface area contributed by atoms with E-state index in [1.54, 1.807) is 23.1 Å². The molecule has 1 N–H and O–H groups in total. The van der Waals surface area contributed by atoms with Gasteiger partial charge in [-0.2, -0.15) is 0 Å². The SMILES string of the molecule is CCOc1cc(/C=C2\SC(=S)N(c3cccc(C)c3)C2=O)ccc1OCC(=O)Nc1cccc(C)c1C. The van der Waals surface area contributed by atoms with Crippen LogP contribution in [0.1, 0.15) is 29.2 Å². The molecule has 0 aromatic heterocycles. The van der Waals surface area contributed by atoms with E-state index in [9.17, 15) is 9.59 Å². The maximum atomic E-state index is 13.1. The highest BCUT2D eigenvalue weighted by Crippen LogP contribution is 2.37. The lowest BCUT2D eigenvalue weighted by Crippen LogP contribution is -2.27. The molecule has 1 aliphatic rings. The largest absolute Gasteiger partial charge is 0.490 e. The average Bonchev–Trinajstić information content (AvgIpc) is 3.14. The van der Waals surface area contributed by atoms with Crippen LogP contribution in [-0.4, -0.2) is 29.3 Å². The molecule has 8 heteroatoms. The molecule has 3 aromatic carbocycles. The summed E-state index contributed by atoms with van der Waals surface area (Å²) in [5, 5.41) is 2.89. The fourth-order valence-corrected chi connectivity index (χ4v) is 5.13. The van der Waals surface area contributed by atoms with Crippen molar-refractivity contribution in [1.29, 1.82) is 0 Å². The summed E-state index contributed by atoms with van der Waals surface area (Å²) >= 11 is 6.75. The van der Waals surface area contributed by atoms with Crippen LogP contribution in [0.25, 0.3) is 6.08 Å². The number of benzene rings is 3. The first kappa shape index (κ1) is 26.4. The Bertz CT molecular complexity index is 1400. The van der Waals surface area contributed by atoms with Gasteiger partial charge in [0.15, 0.2) is 22.4 Å². The van der Waals surface area contributed by atoms with E-state index >= 15 is 0 Å². The molecule has 0 spiro atoms. The van der Waals surface area contributed by atoms with Crippen LogP contribution in [0, 0.1) is 20.8 Å². The van der Waals surface area contributed by atoms with Crippen molar-refractivity contribution in [1.82, 2.24) is 0 Å². The van der Waals surface area contributed by atoms with Gasteiger partial charge in [0, 0.05) is 5.69 Å². The monoisotopic (exact) mass is 532 g/mol. The van der Waals surface area contributed by atoms with Crippen molar-refractivity contribution >= 4 is 57.6 Å². The maximum absolute atomic E-state index is 13.1. The Balaban J connectivity index is 1.48. The first-order chi connectivity index (χ1) is 17.8. The number of carbonyl (C=O) groups is 2. The van der Waals surface area contributed by atoms with E-state index in [1.165, 1.54) is 11.8 Å². The molecular weight excluding hydrogens is 504 g/mol. The minimum atomic E-state index is -0.264. The minimum Gasteiger partial charge on any atom is -0.490 e. The van der Waals surface area contributed by atoms with Gasteiger partial charge in [-0.05, 0) is 86.4 Å². The summed E-state index contributed by atoms with van der Waals surface area (Å²) in [7, 11) is 0. The van der Waals surface area contributed by atoms with E-state index in [2.05, 4.69) is 5.32 Å². The average molecular weight is 533 g/mol. The van der Waals surface area contributed by atoms with Gasteiger partial charge in [-0.25, -0.2) is 0 Å². The van der Waals surface area contributed by atoms with Gasteiger partial charge < -0.3 is 14.8 Å². The number of thioether (sulfide) groups is 1. The second-order valence-electron chi connectivity index (χ2n) is 8.58. The number of nitrogens with one attached hydrogen (secondary N) is 1. The lowest BCUT2D eigenvalue weighted by Gasteiger charge is -2.15. The van der Waals surface area contributed by atoms with Gasteiger partial charge in [0.05, 0.1) is 17.2 Å². The lowest BCUT2D eigenvalue weighted by molar-refractivity contribution is -0.118.